The molecule has 0 N–H and O–H groups in total. The lowest BCUT2D eigenvalue weighted by atomic mass is 10.0. The van der Waals surface area contributed by atoms with E-state index in [4.69, 9.17) is 0 Å². The minimum Gasteiger partial charge on any atom is -0.309 e. The van der Waals surface area contributed by atoms with Gasteiger partial charge in [-0.25, -0.2) is 0 Å². The number of rotatable bonds is 6. The summed E-state index contributed by atoms with van der Waals surface area (Å²) >= 11 is 0. The average Bonchev–Trinajstić information content (AvgIpc) is 2.00. The van der Waals surface area contributed by atoms with Gasteiger partial charge in [0, 0.05) is 0 Å². The lowest BCUT2D eigenvalue weighted by Gasteiger charge is -2.14. The Morgan fingerprint density at radius 1 is 1.21 bits per heavy atom. The smallest absolute Gasteiger partial charge is 0.00223 e. The van der Waals surface area contributed by atoms with Crippen LogP contribution >= 0.6 is 12.4 Å². The zero-order valence-corrected chi connectivity index (χ0v) is 11.2. The fraction of sp³-hybridized carbons (Fsp3) is 0.833. The summed E-state index contributed by atoms with van der Waals surface area (Å²) in [6.07, 6.45) is 6.24. The lowest BCUT2D eigenvalue weighted by Crippen LogP contribution is -2.15. The van der Waals surface area contributed by atoms with Gasteiger partial charge in [0.15, 0.2) is 0 Å². The second-order valence-corrected chi connectivity index (χ2v) is 4.56. The molecule has 0 rings (SSSR count). The molecule has 1 nitrogen and oxygen atoms in total. The molecule has 0 aliphatic heterocycles. The number of hydrogen-bond acceptors (Lipinski definition) is 1. The molecule has 86 valence electrons. The predicted octanol–water partition coefficient (Wildman–Crippen LogP) is 3.74. The maximum atomic E-state index is 2.35. The van der Waals surface area contributed by atoms with Crippen LogP contribution in [0.3, 0.4) is 0 Å². The monoisotopic (exact) mass is 219 g/mol. The standard InChI is InChI=1S/C12H25N.ClH/c1-11(2)7-6-8-12(3)9-10-13(4)5;/h7,12H,6,8-10H2,1-5H3;1H. The van der Waals surface area contributed by atoms with Crippen LogP contribution in [0.4, 0.5) is 0 Å². The first-order chi connectivity index (χ1) is 6.02. The maximum absolute atomic E-state index is 2.35. The SMILES string of the molecule is CC(C)=CCCC(C)CCN(C)C.Cl. The maximum Gasteiger partial charge on any atom is -0.00223 e. The van der Waals surface area contributed by atoms with Gasteiger partial charge in [-0.15, -0.1) is 12.4 Å². The minimum atomic E-state index is 0. The normalized spacial score (nSPS) is 12.1. The fourth-order valence-corrected chi connectivity index (χ4v) is 1.28. The summed E-state index contributed by atoms with van der Waals surface area (Å²) < 4.78 is 0. The van der Waals surface area contributed by atoms with Crippen molar-refractivity contribution in [3.8, 4) is 0 Å². The first-order valence-corrected chi connectivity index (χ1v) is 5.30. The Kier molecular flexibility index (Phi) is 11.2. The van der Waals surface area contributed by atoms with E-state index in [1.54, 1.807) is 0 Å². The van der Waals surface area contributed by atoms with Crippen molar-refractivity contribution in [2.24, 2.45) is 5.92 Å². The van der Waals surface area contributed by atoms with Crippen molar-refractivity contribution in [3.63, 3.8) is 0 Å². The first kappa shape index (κ1) is 16.4. The summed E-state index contributed by atoms with van der Waals surface area (Å²) in [7, 11) is 4.28. The first-order valence-electron chi connectivity index (χ1n) is 5.30. The molecule has 0 saturated heterocycles. The highest BCUT2D eigenvalue weighted by Gasteiger charge is 2.01. The summed E-state index contributed by atoms with van der Waals surface area (Å²) in [5.74, 6) is 0.859. The fourth-order valence-electron chi connectivity index (χ4n) is 1.28. The Morgan fingerprint density at radius 3 is 2.21 bits per heavy atom. The minimum absolute atomic E-state index is 0. The van der Waals surface area contributed by atoms with Crippen LogP contribution in [0.1, 0.15) is 40.0 Å². The Bertz CT molecular complexity index is 148. The Balaban J connectivity index is 0. The zero-order chi connectivity index (χ0) is 10.3. The Morgan fingerprint density at radius 2 is 1.79 bits per heavy atom. The van der Waals surface area contributed by atoms with E-state index in [1.165, 1.54) is 31.4 Å². The van der Waals surface area contributed by atoms with Crippen molar-refractivity contribution in [2.45, 2.75) is 40.0 Å². The predicted molar refractivity (Wildman–Crippen MR) is 68.2 cm³/mol. The van der Waals surface area contributed by atoms with Crippen LogP contribution in [0.15, 0.2) is 11.6 Å². The Hall–Kier alpha value is -0.0100. The van der Waals surface area contributed by atoms with E-state index in [0.717, 1.165) is 5.92 Å². The van der Waals surface area contributed by atoms with Crippen molar-refractivity contribution in [1.29, 1.82) is 0 Å². The van der Waals surface area contributed by atoms with E-state index < -0.39 is 0 Å². The number of halogens is 1. The van der Waals surface area contributed by atoms with Gasteiger partial charge in [-0.05, 0) is 59.7 Å². The second-order valence-electron chi connectivity index (χ2n) is 4.56. The highest BCUT2D eigenvalue weighted by Crippen LogP contribution is 2.11. The third-order valence-electron chi connectivity index (χ3n) is 2.28. The molecule has 0 aromatic rings. The summed E-state index contributed by atoms with van der Waals surface area (Å²) in [4.78, 5) is 2.26. The summed E-state index contributed by atoms with van der Waals surface area (Å²) in [6, 6.07) is 0. The third-order valence-corrected chi connectivity index (χ3v) is 2.28. The molecule has 0 fully saturated rings. The van der Waals surface area contributed by atoms with Gasteiger partial charge in [-0.2, -0.15) is 0 Å². The molecule has 0 aliphatic rings. The molecular formula is C12H26ClN. The van der Waals surface area contributed by atoms with E-state index in [1.807, 2.05) is 0 Å². The van der Waals surface area contributed by atoms with Gasteiger partial charge in [0.05, 0.1) is 0 Å². The van der Waals surface area contributed by atoms with Crippen molar-refractivity contribution in [3.05, 3.63) is 11.6 Å². The van der Waals surface area contributed by atoms with Crippen LogP contribution in [-0.4, -0.2) is 25.5 Å². The van der Waals surface area contributed by atoms with Gasteiger partial charge in [0.25, 0.3) is 0 Å². The highest BCUT2D eigenvalue weighted by molar-refractivity contribution is 5.85. The van der Waals surface area contributed by atoms with Crippen molar-refractivity contribution in [2.75, 3.05) is 20.6 Å². The quantitative estimate of drug-likeness (QED) is 0.616. The van der Waals surface area contributed by atoms with E-state index in [0.29, 0.717) is 0 Å². The van der Waals surface area contributed by atoms with Gasteiger partial charge in [0.1, 0.15) is 0 Å². The number of hydrogen-bond donors (Lipinski definition) is 0. The molecule has 0 aromatic carbocycles. The van der Waals surface area contributed by atoms with Gasteiger partial charge >= 0.3 is 0 Å². The van der Waals surface area contributed by atoms with Gasteiger partial charge in [-0.1, -0.05) is 18.6 Å². The highest BCUT2D eigenvalue weighted by atomic mass is 35.5. The van der Waals surface area contributed by atoms with Gasteiger partial charge in [-0.3, -0.25) is 0 Å². The van der Waals surface area contributed by atoms with Crippen LogP contribution in [0.5, 0.6) is 0 Å². The van der Waals surface area contributed by atoms with Crippen molar-refractivity contribution < 1.29 is 0 Å². The van der Waals surface area contributed by atoms with E-state index in [9.17, 15) is 0 Å². The van der Waals surface area contributed by atoms with Crippen molar-refractivity contribution in [1.82, 2.24) is 4.90 Å². The zero-order valence-electron chi connectivity index (χ0n) is 10.3. The molecular weight excluding hydrogens is 194 g/mol. The average molecular weight is 220 g/mol. The molecule has 1 unspecified atom stereocenters. The molecule has 1 atom stereocenters. The molecule has 0 aromatic heterocycles. The summed E-state index contributed by atoms with van der Waals surface area (Å²) in [5, 5.41) is 0. The molecule has 0 heterocycles. The van der Waals surface area contributed by atoms with Crippen LogP contribution in [0.2, 0.25) is 0 Å². The molecule has 0 radical (unpaired) electrons. The summed E-state index contributed by atoms with van der Waals surface area (Å²) in [5.41, 5.74) is 1.44. The van der Waals surface area contributed by atoms with Crippen molar-refractivity contribution >= 4 is 12.4 Å². The lowest BCUT2D eigenvalue weighted by molar-refractivity contribution is 0.352. The second kappa shape index (κ2) is 9.54. The largest absolute Gasteiger partial charge is 0.309 e. The Labute approximate surface area is 96.0 Å². The summed E-state index contributed by atoms with van der Waals surface area (Å²) in [6.45, 7) is 7.91. The van der Waals surface area contributed by atoms with Gasteiger partial charge < -0.3 is 4.90 Å². The van der Waals surface area contributed by atoms with E-state index >= 15 is 0 Å². The molecule has 0 bridgehead atoms. The van der Waals surface area contributed by atoms with Crippen LogP contribution in [0, 0.1) is 5.92 Å². The van der Waals surface area contributed by atoms with E-state index in [-0.39, 0.29) is 12.4 Å². The molecule has 2 heteroatoms. The number of allylic oxidation sites excluding steroid dienone is 2. The molecule has 0 spiro atoms. The van der Waals surface area contributed by atoms with Crippen LogP contribution in [-0.2, 0) is 0 Å². The molecule has 0 amide bonds. The molecule has 0 saturated carbocycles. The van der Waals surface area contributed by atoms with Crippen LogP contribution < -0.4 is 0 Å². The topological polar surface area (TPSA) is 3.24 Å². The van der Waals surface area contributed by atoms with Crippen LogP contribution in [0.25, 0.3) is 0 Å². The number of nitrogens with zero attached hydrogens (tertiary/aromatic N) is 1. The third kappa shape index (κ3) is 12.0. The molecule has 0 aliphatic carbocycles. The van der Waals surface area contributed by atoms with Gasteiger partial charge in [0.2, 0.25) is 0 Å². The van der Waals surface area contributed by atoms with E-state index in [2.05, 4.69) is 45.8 Å². The molecule has 14 heavy (non-hydrogen) atoms.